The quantitative estimate of drug-likeness (QED) is 0.854. The lowest BCUT2D eigenvalue weighted by Crippen LogP contribution is -2.21. The minimum absolute atomic E-state index is 0.0450. The van der Waals surface area contributed by atoms with Crippen molar-refractivity contribution in [2.24, 2.45) is 5.73 Å². The zero-order valence-electron chi connectivity index (χ0n) is 13.8. The number of phenols is 1. The molecule has 0 aliphatic rings. The molecule has 2 nitrogen and oxygen atoms in total. The number of rotatable bonds is 3. The third-order valence-corrected chi connectivity index (χ3v) is 3.65. The summed E-state index contributed by atoms with van der Waals surface area (Å²) in [4.78, 5) is 0. The first kappa shape index (κ1) is 17.9. The maximum absolute atomic E-state index is 12.6. The van der Waals surface area contributed by atoms with Crippen LogP contribution in [0.5, 0.6) is 5.75 Å². The third-order valence-electron chi connectivity index (χ3n) is 3.65. The van der Waals surface area contributed by atoms with E-state index in [1.807, 2.05) is 47.6 Å². The highest BCUT2D eigenvalue weighted by molar-refractivity contribution is 5.49. The SMILES string of the molecule is CC(C)(C)c1cc([C@H](N)CC(F)F)c(O)c(C(C)(C)C)c1. The van der Waals surface area contributed by atoms with Gasteiger partial charge in [-0.15, -0.1) is 0 Å². The van der Waals surface area contributed by atoms with Crippen molar-refractivity contribution in [1.29, 1.82) is 0 Å². The van der Waals surface area contributed by atoms with Crippen LogP contribution in [-0.2, 0) is 10.8 Å². The van der Waals surface area contributed by atoms with Gasteiger partial charge in [-0.05, 0) is 28.0 Å². The first-order valence-electron chi connectivity index (χ1n) is 7.25. The van der Waals surface area contributed by atoms with E-state index in [2.05, 4.69) is 0 Å². The fourth-order valence-corrected chi connectivity index (χ4v) is 2.26. The average molecular weight is 299 g/mol. The van der Waals surface area contributed by atoms with E-state index in [4.69, 9.17) is 5.73 Å². The van der Waals surface area contributed by atoms with Gasteiger partial charge in [-0.2, -0.15) is 0 Å². The molecular formula is C17H27F2NO. The first-order chi connectivity index (χ1) is 9.34. The highest BCUT2D eigenvalue weighted by atomic mass is 19.3. The Bertz CT molecular complexity index is 499. The van der Waals surface area contributed by atoms with E-state index in [1.165, 1.54) is 0 Å². The Morgan fingerprint density at radius 3 is 1.95 bits per heavy atom. The molecule has 1 rings (SSSR count). The molecule has 120 valence electrons. The van der Waals surface area contributed by atoms with Gasteiger partial charge in [0.2, 0.25) is 6.43 Å². The summed E-state index contributed by atoms with van der Waals surface area (Å²) >= 11 is 0. The maximum Gasteiger partial charge on any atom is 0.240 e. The van der Waals surface area contributed by atoms with E-state index in [1.54, 1.807) is 6.07 Å². The molecule has 0 aliphatic carbocycles. The van der Waals surface area contributed by atoms with Gasteiger partial charge in [0.15, 0.2) is 0 Å². The van der Waals surface area contributed by atoms with Crippen LogP contribution in [0.3, 0.4) is 0 Å². The topological polar surface area (TPSA) is 46.2 Å². The second-order valence-electron chi connectivity index (χ2n) is 7.69. The lowest BCUT2D eigenvalue weighted by Gasteiger charge is -2.29. The number of hydrogen-bond donors (Lipinski definition) is 2. The van der Waals surface area contributed by atoms with E-state index < -0.39 is 18.9 Å². The van der Waals surface area contributed by atoms with Crippen molar-refractivity contribution < 1.29 is 13.9 Å². The summed E-state index contributed by atoms with van der Waals surface area (Å²) in [5.41, 5.74) is 7.59. The van der Waals surface area contributed by atoms with Crippen molar-refractivity contribution >= 4 is 0 Å². The standard InChI is InChI=1S/C17H27F2NO/c1-16(2,3)10-7-11(13(20)9-14(18)19)15(21)12(8-10)17(4,5)6/h7-8,13-14,21H,9,20H2,1-6H3/t13-/m1/s1. The largest absolute Gasteiger partial charge is 0.507 e. The summed E-state index contributed by atoms with van der Waals surface area (Å²) in [5.74, 6) is 0.0450. The molecular weight excluding hydrogens is 272 g/mol. The van der Waals surface area contributed by atoms with E-state index in [0.717, 1.165) is 11.1 Å². The van der Waals surface area contributed by atoms with Crippen LogP contribution >= 0.6 is 0 Å². The molecule has 0 fully saturated rings. The molecule has 1 atom stereocenters. The lowest BCUT2D eigenvalue weighted by molar-refractivity contribution is 0.128. The van der Waals surface area contributed by atoms with E-state index in [9.17, 15) is 13.9 Å². The maximum atomic E-state index is 12.6. The molecule has 4 heteroatoms. The van der Waals surface area contributed by atoms with E-state index in [-0.39, 0.29) is 16.6 Å². The average Bonchev–Trinajstić information content (AvgIpc) is 2.24. The van der Waals surface area contributed by atoms with Crippen molar-refractivity contribution in [2.75, 3.05) is 0 Å². The van der Waals surface area contributed by atoms with Crippen LogP contribution in [-0.4, -0.2) is 11.5 Å². The predicted molar refractivity (Wildman–Crippen MR) is 83.1 cm³/mol. The molecule has 0 heterocycles. The minimum Gasteiger partial charge on any atom is -0.507 e. The summed E-state index contributed by atoms with van der Waals surface area (Å²) in [6, 6.07) is 2.85. The smallest absolute Gasteiger partial charge is 0.240 e. The Hall–Kier alpha value is -1.16. The Morgan fingerprint density at radius 2 is 1.57 bits per heavy atom. The van der Waals surface area contributed by atoms with Crippen molar-refractivity contribution in [3.05, 3.63) is 28.8 Å². The molecule has 21 heavy (non-hydrogen) atoms. The van der Waals surface area contributed by atoms with Gasteiger partial charge in [0, 0.05) is 18.0 Å². The van der Waals surface area contributed by atoms with Gasteiger partial charge in [-0.1, -0.05) is 47.6 Å². The van der Waals surface area contributed by atoms with Crippen molar-refractivity contribution in [3.8, 4) is 5.75 Å². The van der Waals surface area contributed by atoms with Gasteiger partial charge in [-0.3, -0.25) is 0 Å². The predicted octanol–water partition coefficient (Wildman–Crippen LogP) is 4.64. The molecule has 0 aliphatic heterocycles. The van der Waals surface area contributed by atoms with Crippen LogP contribution in [0.25, 0.3) is 0 Å². The number of halogens is 2. The molecule has 0 radical (unpaired) electrons. The van der Waals surface area contributed by atoms with Crippen LogP contribution < -0.4 is 5.73 Å². The van der Waals surface area contributed by atoms with Gasteiger partial charge >= 0.3 is 0 Å². The van der Waals surface area contributed by atoms with Crippen LogP contribution in [0.4, 0.5) is 8.78 Å². The van der Waals surface area contributed by atoms with Gasteiger partial charge in [0.05, 0.1) is 0 Å². The molecule has 0 saturated carbocycles. The number of alkyl halides is 2. The highest BCUT2D eigenvalue weighted by Gasteiger charge is 2.27. The van der Waals surface area contributed by atoms with Crippen LogP contribution in [0.1, 0.15) is 70.7 Å². The third kappa shape index (κ3) is 4.40. The van der Waals surface area contributed by atoms with Crippen LogP contribution in [0, 0.1) is 0 Å². The van der Waals surface area contributed by atoms with Crippen molar-refractivity contribution in [1.82, 2.24) is 0 Å². The molecule has 0 bridgehead atoms. The van der Waals surface area contributed by atoms with Gasteiger partial charge < -0.3 is 10.8 Å². The fraction of sp³-hybridized carbons (Fsp3) is 0.647. The van der Waals surface area contributed by atoms with E-state index >= 15 is 0 Å². The molecule has 1 aromatic rings. The Kier molecular flexibility index (Phi) is 5.04. The van der Waals surface area contributed by atoms with Crippen LogP contribution in [0.15, 0.2) is 12.1 Å². The first-order valence-corrected chi connectivity index (χ1v) is 7.25. The number of phenolic OH excluding ortho intramolecular Hbond substituents is 1. The summed E-state index contributed by atoms with van der Waals surface area (Å²) in [6.45, 7) is 12.1. The summed E-state index contributed by atoms with van der Waals surface area (Å²) in [5, 5.41) is 10.5. The molecule has 0 unspecified atom stereocenters. The fourth-order valence-electron chi connectivity index (χ4n) is 2.26. The number of benzene rings is 1. The van der Waals surface area contributed by atoms with Gasteiger partial charge in [0.25, 0.3) is 0 Å². The molecule has 0 spiro atoms. The number of aromatic hydroxyl groups is 1. The normalized spacial score (nSPS) is 14.6. The molecule has 0 aromatic heterocycles. The lowest BCUT2D eigenvalue weighted by atomic mass is 9.78. The monoisotopic (exact) mass is 299 g/mol. The molecule has 3 N–H and O–H groups in total. The summed E-state index contributed by atoms with van der Waals surface area (Å²) in [6.07, 6.45) is -2.94. The molecule has 0 saturated heterocycles. The zero-order chi connectivity index (χ0) is 16.6. The second kappa shape index (κ2) is 5.91. The Balaban J connectivity index is 3.49. The zero-order valence-corrected chi connectivity index (χ0v) is 13.8. The Labute approximate surface area is 126 Å². The summed E-state index contributed by atoms with van der Waals surface area (Å²) in [7, 11) is 0. The van der Waals surface area contributed by atoms with Crippen molar-refractivity contribution in [3.63, 3.8) is 0 Å². The Morgan fingerprint density at radius 1 is 1.05 bits per heavy atom. The highest BCUT2D eigenvalue weighted by Crippen LogP contribution is 2.40. The van der Waals surface area contributed by atoms with Gasteiger partial charge in [-0.25, -0.2) is 8.78 Å². The second-order valence-corrected chi connectivity index (χ2v) is 7.69. The number of nitrogens with two attached hydrogens (primary N) is 1. The van der Waals surface area contributed by atoms with Crippen LogP contribution in [0.2, 0.25) is 0 Å². The molecule has 0 amide bonds. The van der Waals surface area contributed by atoms with E-state index in [0.29, 0.717) is 5.56 Å². The molecule has 1 aromatic carbocycles. The van der Waals surface area contributed by atoms with Gasteiger partial charge in [0.1, 0.15) is 5.75 Å². The van der Waals surface area contributed by atoms with Crippen molar-refractivity contribution in [2.45, 2.75) is 71.3 Å². The minimum atomic E-state index is -2.49. The number of hydrogen-bond acceptors (Lipinski definition) is 2. The summed E-state index contributed by atoms with van der Waals surface area (Å²) < 4.78 is 25.2.